The number of imidazole rings is 1. The van der Waals surface area contributed by atoms with Crippen LogP contribution in [0.4, 0.5) is 0 Å². The zero-order valence-corrected chi connectivity index (χ0v) is 10.5. The van der Waals surface area contributed by atoms with Crippen molar-refractivity contribution >= 4 is 18.1 Å². The van der Waals surface area contributed by atoms with Crippen molar-refractivity contribution in [3.63, 3.8) is 0 Å². The number of hydrogen-bond donors (Lipinski definition) is 1. The maximum atomic E-state index is 10.5. The van der Waals surface area contributed by atoms with Crippen molar-refractivity contribution in [2.24, 2.45) is 0 Å². The molecular weight excluding hydrogens is 256 g/mol. The minimum Gasteiger partial charge on any atom is -0.478 e. The van der Waals surface area contributed by atoms with Crippen LogP contribution in [-0.4, -0.2) is 20.6 Å². The molecule has 3 rings (SSSR count). The summed E-state index contributed by atoms with van der Waals surface area (Å²) in [6.07, 6.45) is 11.6. The molecule has 1 aliphatic heterocycles. The van der Waals surface area contributed by atoms with Gasteiger partial charge in [0, 0.05) is 24.0 Å². The summed E-state index contributed by atoms with van der Waals surface area (Å²) in [5.41, 5.74) is 1.74. The highest BCUT2D eigenvalue weighted by Crippen LogP contribution is 2.30. The summed E-state index contributed by atoms with van der Waals surface area (Å²) in [4.78, 5) is 14.5. The highest BCUT2D eigenvalue weighted by Gasteiger charge is 2.15. The molecule has 0 aliphatic carbocycles. The summed E-state index contributed by atoms with van der Waals surface area (Å²) >= 11 is 0. The van der Waals surface area contributed by atoms with Gasteiger partial charge in [0.2, 0.25) is 0 Å². The molecule has 0 fully saturated rings. The fraction of sp³-hybridized carbons (Fsp3) is 0.0667. The number of carbonyl (C=O) groups is 1. The molecule has 1 aromatic carbocycles. The Morgan fingerprint density at radius 3 is 3.10 bits per heavy atom. The number of carboxylic acid groups (broad SMARTS) is 1. The van der Waals surface area contributed by atoms with Gasteiger partial charge < -0.3 is 9.84 Å². The van der Waals surface area contributed by atoms with Crippen molar-refractivity contribution in [1.82, 2.24) is 9.55 Å². The molecule has 2 heterocycles. The van der Waals surface area contributed by atoms with E-state index >= 15 is 0 Å². The van der Waals surface area contributed by atoms with E-state index in [0.29, 0.717) is 0 Å². The van der Waals surface area contributed by atoms with Gasteiger partial charge in [-0.15, -0.1) is 0 Å². The Morgan fingerprint density at radius 1 is 1.45 bits per heavy atom. The van der Waals surface area contributed by atoms with E-state index in [1.54, 1.807) is 18.6 Å². The number of aliphatic carboxylic acids is 1. The second-order valence-electron chi connectivity index (χ2n) is 4.35. The SMILES string of the molecule is O=C(O)C=Cc1ccc2c(c1)C=CC(n1ccnc1)O2. The minimum atomic E-state index is -0.963. The average Bonchev–Trinajstić information content (AvgIpc) is 2.98. The quantitative estimate of drug-likeness (QED) is 0.869. The summed E-state index contributed by atoms with van der Waals surface area (Å²) in [5, 5.41) is 8.62. The average molecular weight is 268 g/mol. The van der Waals surface area contributed by atoms with Crippen LogP contribution in [0.2, 0.25) is 0 Å². The van der Waals surface area contributed by atoms with E-state index in [2.05, 4.69) is 4.98 Å². The molecule has 100 valence electrons. The van der Waals surface area contributed by atoms with Crippen molar-refractivity contribution in [3.8, 4) is 5.75 Å². The van der Waals surface area contributed by atoms with Crippen LogP contribution < -0.4 is 4.74 Å². The van der Waals surface area contributed by atoms with Crippen LogP contribution in [-0.2, 0) is 4.79 Å². The van der Waals surface area contributed by atoms with E-state index in [9.17, 15) is 4.79 Å². The molecule has 5 nitrogen and oxygen atoms in total. The molecule has 1 atom stereocenters. The molecule has 0 bridgehead atoms. The number of hydrogen-bond acceptors (Lipinski definition) is 3. The van der Waals surface area contributed by atoms with Gasteiger partial charge in [0.05, 0.1) is 6.33 Å². The fourth-order valence-electron chi connectivity index (χ4n) is 2.01. The van der Waals surface area contributed by atoms with Gasteiger partial charge in [-0.3, -0.25) is 4.57 Å². The van der Waals surface area contributed by atoms with E-state index < -0.39 is 5.97 Å². The fourth-order valence-corrected chi connectivity index (χ4v) is 2.01. The molecule has 1 unspecified atom stereocenters. The second kappa shape index (κ2) is 5.05. The standard InChI is InChI=1S/C15H12N2O3/c18-15(19)6-2-11-1-4-13-12(9-11)3-5-14(20-13)17-8-7-16-10-17/h1-10,14H,(H,18,19). The third kappa shape index (κ3) is 2.47. The van der Waals surface area contributed by atoms with Crippen molar-refractivity contribution in [1.29, 1.82) is 0 Å². The van der Waals surface area contributed by atoms with Crippen molar-refractivity contribution in [2.45, 2.75) is 6.23 Å². The lowest BCUT2D eigenvalue weighted by Gasteiger charge is -2.22. The molecule has 0 saturated heterocycles. The van der Waals surface area contributed by atoms with Crippen molar-refractivity contribution in [2.75, 3.05) is 0 Å². The highest BCUT2D eigenvalue weighted by atomic mass is 16.5. The number of ether oxygens (including phenoxy) is 1. The summed E-state index contributed by atoms with van der Waals surface area (Å²) in [7, 11) is 0. The summed E-state index contributed by atoms with van der Waals surface area (Å²) in [6.45, 7) is 0. The number of nitrogens with zero attached hydrogens (tertiary/aromatic N) is 2. The normalized spacial score (nSPS) is 16.9. The molecule has 20 heavy (non-hydrogen) atoms. The van der Waals surface area contributed by atoms with Gasteiger partial charge in [0.15, 0.2) is 6.23 Å². The zero-order valence-electron chi connectivity index (χ0n) is 10.5. The largest absolute Gasteiger partial charge is 0.478 e. The van der Waals surface area contributed by atoms with Gasteiger partial charge in [-0.2, -0.15) is 0 Å². The number of benzene rings is 1. The number of fused-ring (bicyclic) bond motifs is 1. The van der Waals surface area contributed by atoms with E-state index in [0.717, 1.165) is 23.0 Å². The molecule has 5 heteroatoms. The van der Waals surface area contributed by atoms with Gasteiger partial charge in [-0.1, -0.05) is 6.07 Å². The first-order valence-corrected chi connectivity index (χ1v) is 6.10. The van der Waals surface area contributed by atoms with Crippen LogP contribution in [0, 0.1) is 0 Å². The van der Waals surface area contributed by atoms with Crippen LogP contribution in [0.15, 0.2) is 49.1 Å². The second-order valence-corrected chi connectivity index (χ2v) is 4.35. The highest BCUT2D eigenvalue weighted by molar-refractivity contribution is 5.85. The molecule has 1 aliphatic rings. The van der Waals surface area contributed by atoms with Crippen LogP contribution in [0.5, 0.6) is 5.75 Å². The predicted octanol–water partition coefficient (Wildman–Crippen LogP) is 2.59. The van der Waals surface area contributed by atoms with Gasteiger partial charge >= 0.3 is 5.97 Å². The van der Waals surface area contributed by atoms with E-state index in [1.807, 2.05) is 41.1 Å². The lowest BCUT2D eigenvalue weighted by Crippen LogP contribution is -2.14. The molecular formula is C15H12N2O3. The van der Waals surface area contributed by atoms with Gasteiger partial charge in [0.25, 0.3) is 0 Å². The van der Waals surface area contributed by atoms with Gasteiger partial charge in [-0.25, -0.2) is 9.78 Å². The van der Waals surface area contributed by atoms with Gasteiger partial charge in [0.1, 0.15) is 5.75 Å². The molecule has 1 N–H and O–H groups in total. The Balaban J connectivity index is 1.85. The van der Waals surface area contributed by atoms with E-state index in [1.165, 1.54) is 0 Å². The Morgan fingerprint density at radius 2 is 2.35 bits per heavy atom. The molecule has 0 amide bonds. The maximum absolute atomic E-state index is 10.5. The molecule has 0 radical (unpaired) electrons. The smallest absolute Gasteiger partial charge is 0.328 e. The summed E-state index contributed by atoms with van der Waals surface area (Å²) in [6, 6.07) is 5.54. The summed E-state index contributed by atoms with van der Waals surface area (Å²) in [5.74, 6) is -0.201. The maximum Gasteiger partial charge on any atom is 0.328 e. The van der Waals surface area contributed by atoms with Crippen molar-refractivity contribution in [3.05, 3.63) is 60.2 Å². The van der Waals surface area contributed by atoms with E-state index in [4.69, 9.17) is 9.84 Å². The zero-order chi connectivity index (χ0) is 13.9. The minimum absolute atomic E-state index is 0.203. The van der Waals surface area contributed by atoms with Crippen LogP contribution in [0.25, 0.3) is 12.2 Å². The number of rotatable bonds is 3. The monoisotopic (exact) mass is 268 g/mol. The molecule has 2 aromatic rings. The number of carboxylic acids is 1. The first-order valence-electron chi connectivity index (χ1n) is 6.10. The third-order valence-corrected chi connectivity index (χ3v) is 2.96. The third-order valence-electron chi connectivity index (χ3n) is 2.96. The Labute approximate surface area is 115 Å². The summed E-state index contributed by atoms with van der Waals surface area (Å²) < 4.78 is 7.71. The molecule has 0 spiro atoms. The first kappa shape index (κ1) is 12.2. The molecule has 1 aromatic heterocycles. The Kier molecular flexibility index (Phi) is 3.09. The van der Waals surface area contributed by atoms with E-state index in [-0.39, 0.29) is 6.23 Å². The number of aromatic nitrogens is 2. The lowest BCUT2D eigenvalue weighted by molar-refractivity contribution is -0.131. The predicted molar refractivity (Wildman–Crippen MR) is 74.0 cm³/mol. The topological polar surface area (TPSA) is 64.3 Å². The molecule has 0 saturated carbocycles. The van der Waals surface area contributed by atoms with Crippen LogP contribution in [0.1, 0.15) is 17.4 Å². The Hall–Kier alpha value is -2.82. The van der Waals surface area contributed by atoms with Crippen LogP contribution in [0.3, 0.4) is 0 Å². The lowest BCUT2D eigenvalue weighted by atomic mass is 10.1. The van der Waals surface area contributed by atoms with Gasteiger partial charge in [-0.05, 0) is 35.9 Å². The Bertz CT molecular complexity index is 687. The van der Waals surface area contributed by atoms with Crippen LogP contribution >= 0.6 is 0 Å². The first-order chi connectivity index (χ1) is 9.72. The van der Waals surface area contributed by atoms with Crippen molar-refractivity contribution < 1.29 is 14.6 Å².